The molecule has 21 heavy (non-hydrogen) atoms. The molecule has 0 N–H and O–H groups in total. The quantitative estimate of drug-likeness (QED) is 0.488. The van der Waals surface area contributed by atoms with Gasteiger partial charge in [0.25, 0.3) is 5.69 Å². The highest BCUT2D eigenvalue weighted by atomic mass is 16.6. The molecule has 0 aliphatic carbocycles. The van der Waals surface area contributed by atoms with Crippen molar-refractivity contribution in [1.29, 1.82) is 0 Å². The third kappa shape index (κ3) is 3.66. The summed E-state index contributed by atoms with van der Waals surface area (Å²) in [4.78, 5) is 16.7. The molecule has 0 amide bonds. The first-order chi connectivity index (χ1) is 9.97. The van der Waals surface area contributed by atoms with Crippen molar-refractivity contribution in [2.24, 2.45) is 4.99 Å². The Morgan fingerprint density at radius 1 is 1.14 bits per heavy atom. The minimum Gasteiger partial charge on any atom is -0.378 e. The third-order valence-corrected chi connectivity index (χ3v) is 3.17. The SMILES string of the molecule is Cc1ccc([N+](=O)[O-])cc1N=Cc1ccc(N(C)C)cc1. The van der Waals surface area contributed by atoms with Crippen molar-refractivity contribution in [2.45, 2.75) is 6.92 Å². The van der Waals surface area contributed by atoms with Crippen molar-refractivity contribution >= 4 is 23.3 Å². The third-order valence-electron chi connectivity index (χ3n) is 3.17. The predicted octanol–water partition coefficient (Wildman–Crippen LogP) is 3.72. The standard InChI is InChI=1S/C16H17N3O2/c1-12-4-7-15(19(20)21)10-16(12)17-11-13-5-8-14(9-6-13)18(2)3/h4-11H,1-3H3. The van der Waals surface area contributed by atoms with E-state index in [0.29, 0.717) is 5.69 Å². The monoisotopic (exact) mass is 283 g/mol. The van der Waals surface area contributed by atoms with Crippen LogP contribution in [0.1, 0.15) is 11.1 Å². The second-order valence-electron chi connectivity index (χ2n) is 4.97. The van der Waals surface area contributed by atoms with Crippen molar-refractivity contribution in [3.05, 3.63) is 63.7 Å². The molecule has 2 rings (SSSR count). The fourth-order valence-corrected chi connectivity index (χ4v) is 1.85. The van der Waals surface area contributed by atoms with E-state index in [1.807, 2.05) is 50.2 Å². The molecule has 0 bridgehead atoms. The topological polar surface area (TPSA) is 58.7 Å². The number of hydrogen-bond donors (Lipinski definition) is 0. The van der Waals surface area contributed by atoms with E-state index in [-0.39, 0.29) is 5.69 Å². The van der Waals surface area contributed by atoms with Gasteiger partial charge >= 0.3 is 0 Å². The zero-order chi connectivity index (χ0) is 15.4. The number of non-ortho nitro benzene ring substituents is 1. The molecule has 0 radical (unpaired) electrons. The Hall–Kier alpha value is -2.69. The van der Waals surface area contributed by atoms with Gasteiger partial charge in [-0.15, -0.1) is 0 Å². The van der Waals surface area contributed by atoms with Crippen molar-refractivity contribution in [3.8, 4) is 0 Å². The zero-order valence-electron chi connectivity index (χ0n) is 12.3. The molecule has 5 heteroatoms. The number of aryl methyl sites for hydroxylation is 1. The Labute approximate surface area is 123 Å². The van der Waals surface area contributed by atoms with Crippen LogP contribution in [0, 0.1) is 17.0 Å². The van der Waals surface area contributed by atoms with Crippen LogP contribution >= 0.6 is 0 Å². The van der Waals surface area contributed by atoms with Gasteiger partial charge in [-0.3, -0.25) is 15.1 Å². The number of anilines is 1. The summed E-state index contributed by atoms with van der Waals surface area (Å²) in [5, 5.41) is 10.8. The minimum atomic E-state index is -0.412. The van der Waals surface area contributed by atoms with Gasteiger partial charge in [0.2, 0.25) is 0 Å². The molecular formula is C16H17N3O2. The average molecular weight is 283 g/mol. The van der Waals surface area contributed by atoms with Crippen LogP contribution in [-0.4, -0.2) is 25.2 Å². The Kier molecular flexibility index (Phi) is 4.33. The molecule has 0 saturated carbocycles. The van der Waals surface area contributed by atoms with Crippen LogP contribution in [0.15, 0.2) is 47.5 Å². The van der Waals surface area contributed by atoms with Gasteiger partial charge in [0.15, 0.2) is 0 Å². The number of hydrogen-bond acceptors (Lipinski definition) is 4. The van der Waals surface area contributed by atoms with Crippen molar-refractivity contribution < 1.29 is 4.92 Å². The average Bonchev–Trinajstić information content (AvgIpc) is 2.46. The molecule has 0 aliphatic heterocycles. The number of aliphatic imine (C=N–C) groups is 1. The molecule has 5 nitrogen and oxygen atoms in total. The fraction of sp³-hybridized carbons (Fsp3) is 0.188. The van der Waals surface area contributed by atoms with Crippen LogP contribution in [0.5, 0.6) is 0 Å². The molecule has 0 heterocycles. The van der Waals surface area contributed by atoms with Gasteiger partial charge in [0, 0.05) is 38.1 Å². The number of nitrogens with zero attached hydrogens (tertiary/aromatic N) is 3. The Bertz CT molecular complexity index is 676. The van der Waals surface area contributed by atoms with E-state index in [2.05, 4.69) is 4.99 Å². The van der Waals surface area contributed by atoms with Crippen LogP contribution in [0.3, 0.4) is 0 Å². The van der Waals surface area contributed by atoms with E-state index in [4.69, 9.17) is 0 Å². The summed E-state index contributed by atoms with van der Waals surface area (Å²) in [6.07, 6.45) is 1.71. The van der Waals surface area contributed by atoms with Gasteiger partial charge in [-0.05, 0) is 30.2 Å². The van der Waals surface area contributed by atoms with Crippen LogP contribution in [0.25, 0.3) is 0 Å². The number of rotatable bonds is 4. The lowest BCUT2D eigenvalue weighted by molar-refractivity contribution is -0.384. The van der Waals surface area contributed by atoms with E-state index < -0.39 is 4.92 Å². The maximum Gasteiger partial charge on any atom is 0.271 e. The summed E-state index contributed by atoms with van der Waals surface area (Å²) in [5.41, 5.74) is 3.63. The molecule has 2 aromatic rings. The lowest BCUT2D eigenvalue weighted by Crippen LogP contribution is -2.08. The number of benzene rings is 2. The van der Waals surface area contributed by atoms with Gasteiger partial charge in [0.05, 0.1) is 10.6 Å². The maximum absolute atomic E-state index is 10.8. The highest BCUT2D eigenvalue weighted by Gasteiger charge is 2.07. The first kappa shape index (κ1) is 14.7. The van der Waals surface area contributed by atoms with E-state index in [1.54, 1.807) is 12.3 Å². The lowest BCUT2D eigenvalue weighted by atomic mass is 10.2. The molecule has 0 aromatic heterocycles. The van der Waals surface area contributed by atoms with Crippen molar-refractivity contribution in [2.75, 3.05) is 19.0 Å². The van der Waals surface area contributed by atoms with Gasteiger partial charge in [0.1, 0.15) is 0 Å². The Morgan fingerprint density at radius 3 is 2.38 bits per heavy atom. The van der Waals surface area contributed by atoms with E-state index in [9.17, 15) is 10.1 Å². The summed E-state index contributed by atoms with van der Waals surface area (Å²) < 4.78 is 0. The van der Waals surface area contributed by atoms with Crippen molar-refractivity contribution in [3.63, 3.8) is 0 Å². The lowest BCUT2D eigenvalue weighted by Gasteiger charge is -2.11. The second kappa shape index (κ2) is 6.17. The molecule has 0 saturated heterocycles. The fourth-order valence-electron chi connectivity index (χ4n) is 1.85. The van der Waals surface area contributed by atoms with Crippen LogP contribution < -0.4 is 4.90 Å². The number of nitro benzene ring substituents is 1. The molecule has 108 valence electrons. The van der Waals surface area contributed by atoms with Crippen LogP contribution in [0.4, 0.5) is 17.1 Å². The van der Waals surface area contributed by atoms with E-state index >= 15 is 0 Å². The van der Waals surface area contributed by atoms with E-state index in [0.717, 1.165) is 16.8 Å². The molecule has 0 spiro atoms. The second-order valence-corrected chi connectivity index (χ2v) is 4.97. The molecule has 0 atom stereocenters. The molecule has 0 unspecified atom stereocenters. The first-order valence-electron chi connectivity index (χ1n) is 6.54. The maximum atomic E-state index is 10.8. The molecule has 0 fully saturated rings. The zero-order valence-corrected chi connectivity index (χ0v) is 12.3. The Balaban J connectivity index is 2.24. The van der Waals surface area contributed by atoms with Crippen molar-refractivity contribution in [1.82, 2.24) is 0 Å². The summed E-state index contributed by atoms with van der Waals surface area (Å²) in [6, 6.07) is 12.6. The highest BCUT2D eigenvalue weighted by molar-refractivity contribution is 5.83. The molecule has 0 aliphatic rings. The molecular weight excluding hydrogens is 266 g/mol. The van der Waals surface area contributed by atoms with E-state index in [1.165, 1.54) is 12.1 Å². The van der Waals surface area contributed by atoms with Gasteiger partial charge in [-0.25, -0.2) is 0 Å². The summed E-state index contributed by atoms with van der Waals surface area (Å²) in [7, 11) is 3.96. The summed E-state index contributed by atoms with van der Waals surface area (Å²) in [6.45, 7) is 1.88. The summed E-state index contributed by atoms with van der Waals surface area (Å²) in [5.74, 6) is 0. The van der Waals surface area contributed by atoms with Gasteiger partial charge in [-0.2, -0.15) is 0 Å². The first-order valence-corrected chi connectivity index (χ1v) is 6.54. The predicted molar refractivity (Wildman–Crippen MR) is 85.9 cm³/mol. The normalized spacial score (nSPS) is 10.8. The van der Waals surface area contributed by atoms with Crippen LogP contribution in [0.2, 0.25) is 0 Å². The molecule has 2 aromatic carbocycles. The highest BCUT2D eigenvalue weighted by Crippen LogP contribution is 2.24. The smallest absolute Gasteiger partial charge is 0.271 e. The van der Waals surface area contributed by atoms with Crippen LogP contribution in [-0.2, 0) is 0 Å². The Morgan fingerprint density at radius 2 is 1.81 bits per heavy atom. The van der Waals surface area contributed by atoms with Gasteiger partial charge in [-0.1, -0.05) is 18.2 Å². The summed E-state index contributed by atoms with van der Waals surface area (Å²) >= 11 is 0. The van der Waals surface area contributed by atoms with Gasteiger partial charge < -0.3 is 4.90 Å². The minimum absolute atomic E-state index is 0.0516. The largest absolute Gasteiger partial charge is 0.378 e. The number of nitro groups is 1.